The van der Waals surface area contributed by atoms with E-state index >= 15 is 0 Å². The van der Waals surface area contributed by atoms with Gasteiger partial charge >= 0.3 is 0 Å². The van der Waals surface area contributed by atoms with Gasteiger partial charge < -0.3 is 10.2 Å². The maximum atomic E-state index is 12.1. The molecular formula is C16H21BrN2O2. The highest BCUT2D eigenvalue weighted by Crippen LogP contribution is 2.27. The van der Waals surface area contributed by atoms with E-state index in [1.165, 1.54) is 24.7 Å². The second-order valence-corrected chi connectivity index (χ2v) is 6.46. The number of hydrogen-bond acceptors (Lipinski definition) is 2. The van der Waals surface area contributed by atoms with Gasteiger partial charge in [-0.05, 0) is 53.4 Å². The van der Waals surface area contributed by atoms with Crippen molar-refractivity contribution >= 4 is 33.4 Å². The average molecular weight is 353 g/mol. The Morgan fingerprint density at radius 2 is 2.00 bits per heavy atom. The van der Waals surface area contributed by atoms with Crippen molar-refractivity contribution < 1.29 is 9.59 Å². The predicted molar refractivity (Wildman–Crippen MR) is 87.3 cm³/mol. The van der Waals surface area contributed by atoms with Crippen molar-refractivity contribution in [2.45, 2.75) is 45.6 Å². The highest BCUT2D eigenvalue weighted by molar-refractivity contribution is 9.10. The van der Waals surface area contributed by atoms with Crippen molar-refractivity contribution in [1.82, 2.24) is 5.32 Å². The minimum Gasteiger partial charge on any atom is -0.352 e. The molecule has 1 aliphatic rings. The zero-order valence-corrected chi connectivity index (χ0v) is 14.1. The van der Waals surface area contributed by atoms with Gasteiger partial charge in [0, 0.05) is 17.4 Å². The van der Waals surface area contributed by atoms with Gasteiger partial charge in [0.1, 0.15) is 6.54 Å². The number of carbonyl (C=O) groups excluding carboxylic acids is 2. The van der Waals surface area contributed by atoms with Crippen LogP contribution in [0.15, 0.2) is 22.7 Å². The molecule has 1 fully saturated rings. The minimum absolute atomic E-state index is 0.0630. The summed E-state index contributed by atoms with van der Waals surface area (Å²) in [6.07, 6.45) is 4.43. The predicted octanol–water partition coefficient (Wildman–Crippen LogP) is 3.17. The number of nitrogens with one attached hydrogen (secondary N) is 1. The third kappa shape index (κ3) is 4.30. The molecule has 1 N–H and O–H groups in total. The van der Waals surface area contributed by atoms with Crippen LogP contribution in [0.25, 0.3) is 0 Å². The number of nitrogens with zero attached hydrogens (tertiary/aromatic N) is 1. The van der Waals surface area contributed by atoms with E-state index in [0.717, 1.165) is 28.6 Å². The second kappa shape index (κ2) is 7.07. The third-order valence-electron chi connectivity index (χ3n) is 3.80. The summed E-state index contributed by atoms with van der Waals surface area (Å²) >= 11 is 3.47. The molecule has 0 unspecified atom stereocenters. The van der Waals surface area contributed by atoms with Crippen molar-refractivity contribution in [3.8, 4) is 0 Å². The molecule has 2 rings (SSSR count). The standard InChI is InChI=1S/C16H21BrN2O2/c1-11-7-8-15(14(17)9-11)19(12(2)20)10-16(21)18-13-5-3-4-6-13/h7-9,13H,3-6,10H2,1-2H3,(H,18,21). The first-order chi connectivity index (χ1) is 9.97. The molecule has 0 heterocycles. The quantitative estimate of drug-likeness (QED) is 0.904. The first kappa shape index (κ1) is 16.0. The van der Waals surface area contributed by atoms with Crippen LogP contribution in [0, 0.1) is 6.92 Å². The molecule has 2 amide bonds. The molecule has 0 bridgehead atoms. The van der Waals surface area contributed by atoms with Crippen LogP contribution in [0.1, 0.15) is 38.2 Å². The monoisotopic (exact) mass is 352 g/mol. The molecular weight excluding hydrogens is 332 g/mol. The van der Waals surface area contributed by atoms with E-state index in [1.807, 2.05) is 25.1 Å². The lowest BCUT2D eigenvalue weighted by molar-refractivity contribution is -0.123. The number of benzene rings is 1. The van der Waals surface area contributed by atoms with Crippen molar-refractivity contribution in [1.29, 1.82) is 0 Å². The largest absolute Gasteiger partial charge is 0.352 e. The van der Waals surface area contributed by atoms with Gasteiger partial charge in [-0.1, -0.05) is 18.9 Å². The van der Waals surface area contributed by atoms with E-state index in [1.54, 1.807) is 0 Å². The normalized spacial score (nSPS) is 15.0. The Morgan fingerprint density at radius 1 is 1.33 bits per heavy atom. The maximum absolute atomic E-state index is 12.1. The van der Waals surface area contributed by atoms with Crippen LogP contribution in [0.2, 0.25) is 0 Å². The van der Waals surface area contributed by atoms with E-state index < -0.39 is 0 Å². The zero-order chi connectivity index (χ0) is 15.4. The molecule has 0 radical (unpaired) electrons. The number of hydrogen-bond donors (Lipinski definition) is 1. The minimum atomic E-state index is -0.138. The summed E-state index contributed by atoms with van der Waals surface area (Å²) in [5, 5.41) is 3.02. The maximum Gasteiger partial charge on any atom is 0.240 e. The zero-order valence-electron chi connectivity index (χ0n) is 12.5. The van der Waals surface area contributed by atoms with Gasteiger partial charge in [-0.3, -0.25) is 9.59 Å². The average Bonchev–Trinajstić information content (AvgIpc) is 2.89. The van der Waals surface area contributed by atoms with Crippen LogP contribution in [-0.4, -0.2) is 24.4 Å². The molecule has 0 atom stereocenters. The Bertz CT molecular complexity index is 539. The van der Waals surface area contributed by atoms with Crippen molar-refractivity contribution in [3.05, 3.63) is 28.2 Å². The third-order valence-corrected chi connectivity index (χ3v) is 4.43. The fraction of sp³-hybridized carbons (Fsp3) is 0.500. The highest BCUT2D eigenvalue weighted by atomic mass is 79.9. The van der Waals surface area contributed by atoms with Gasteiger partial charge in [-0.2, -0.15) is 0 Å². The van der Waals surface area contributed by atoms with Gasteiger partial charge in [-0.15, -0.1) is 0 Å². The van der Waals surface area contributed by atoms with E-state index in [2.05, 4.69) is 21.2 Å². The molecule has 21 heavy (non-hydrogen) atoms. The number of rotatable bonds is 4. The Morgan fingerprint density at radius 3 is 2.57 bits per heavy atom. The Balaban J connectivity index is 2.08. The van der Waals surface area contributed by atoms with Gasteiger partial charge in [0.25, 0.3) is 0 Å². The lowest BCUT2D eigenvalue weighted by Crippen LogP contribution is -2.43. The molecule has 0 aliphatic heterocycles. The Labute approximate surface area is 134 Å². The molecule has 5 heteroatoms. The van der Waals surface area contributed by atoms with Crippen molar-refractivity contribution in [2.24, 2.45) is 0 Å². The SMILES string of the molecule is CC(=O)N(CC(=O)NC1CCCC1)c1ccc(C)cc1Br. The van der Waals surface area contributed by atoms with Crippen LogP contribution in [0.3, 0.4) is 0 Å². The van der Waals surface area contributed by atoms with Crippen molar-refractivity contribution in [2.75, 3.05) is 11.4 Å². The summed E-state index contributed by atoms with van der Waals surface area (Å²) < 4.78 is 0.825. The number of halogens is 1. The summed E-state index contributed by atoms with van der Waals surface area (Å²) in [4.78, 5) is 25.5. The fourth-order valence-electron chi connectivity index (χ4n) is 2.68. The first-order valence-corrected chi connectivity index (χ1v) is 8.10. The van der Waals surface area contributed by atoms with Crippen LogP contribution in [-0.2, 0) is 9.59 Å². The Hall–Kier alpha value is -1.36. The van der Waals surface area contributed by atoms with Crippen LogP contribution >= 0.6 is 15.9 Å². The molecule has 0 spiro atoms. The highest BCUT2D eigenvalue weighted by Gasteiger charge is 2.21. The lowest BCUT2D eigenvalue weighted by Gasteiger charge is -2.23. The van der Waals surface area contributed by atoms with Gasteiger partial charge in [0.05, 0.1) is 5.69 Å². The van der Waals surface area contributed by atoms with Crippen LogP contribution < -0.4 is 10.2 Å². The molecule has 0 aromatic heterocycles. The number of anilines is 1. The summed E-state index contributed by atoms with van der Waals surface area (Å²) in [5.74, 6) is -0.231. The molecule has 1 aromatic rings. The molecule has 1 saturated carbocycles. The topological polar surface area (TPSA) is 49.4 Å². The summed E-state index contributed by atoms with van der Waals surface area (Å²) in [5.41, 5.74) is 1.83. The summed E-state index contributed by atoms with van der Waals surface area (Å²) in [6.45, 7) is 3.53. The smallest absolute Gasteiger partial charge is 0.240 e. The molecule has 0 saturated heterocycles. The Kier molecular flexibility index (Phi) is 5.39. The van der Waals surface area contributed by atoms with Crippen LogP contribution in [0.4, 0.5) is 5.69 Å². The molecule has 114 valence electrons. The number of carbonyl (C=O) groups is 2. The summed E-state index contributed by atoms with van der Waals surface area (Å²) in [7, 11) is 0. The molecule has 1 aromatic carbocycles. The second-order valence-electron chi connectivity index (χ2n) is 5.61. The van der Waals surface area contributed by atoms with Crippen molar-refractivity contribution in [3.63, 3.8) is 0 Å². The van der Waals surface area contributed by atoms with E-state index in [9.17, 15) is 9.59 Å². The van der Waals surface area contributed by atoms with Gasteiger partial charge in [-0.25, -0.2) is 0 Å². The van der Waals surface area contributed by atoms with E-state index in [0.29, 0.717) is 0 Å². The van der Waals surface area contributed by atoms with Gasteiger partial charge in [0.15, 0.2) is 0 Å². The molecule has 1 aliphatic carbocycles. The number of amides is 2. The van der Waals surface area contributed by atoms with E-state index in [-0.39, 0.29) is 24.4 Å². The lowest BCUT2D eigenvalue weighted by atomic mass is 10.2. The summed E-state index contributed by atoms with van der Waals surface area (Å²) in [6, 6.07) is 6.02. The van der Waals surface area contributed by atoms with Crippen LogP contribution in [0.5, 0.6) is 0 Å². The van der Waals surface area contributed by atoms with Gasteiger partial charge in [0.2, 0.25) is 11.8 Å². The number of aryl methyl sites for hydroxylation is 1. The first-order valence-electron chi connectivity index (χ1n) is 7.31. The van der Waals surface area contributed by atoms with E-state index in [4.69, 9.17) is 0 Å². The molecule has 4 nitrogen and oxygen atoms in total. The fourth-order valence-corrected chi connectivity index (χ4v) is 3.39.